The Morgan fingerprint density at radius 2 is 1.84 bits per heavy atom. The summed E-state index contributed by atoms with van der Waals surface area (Å²) in [7, 11) is -1.89. The van der Waals surface area contributed by atoms with Gasteiger partial charge in [0.05, 0.1) is 10.6 Å². The quantitative estimate of drug-likeness (QED) is 0.546. The van der Waals surface area contributed by atoms with E-state index in [-0.39, 0.29) is 11.6 Å². The van der Waals surface area contributed by atoms with Crippen molar-refractivity contribution in [1.82, 2.24) is 18.8 Å². The van der Waals surface area contributed by atoms with E-state index in [1.54, 1.807) is 54.1 Å². The van der Waals surface area contributed by atoms with Crippen molar-refractivity contribution in [1.29, 1.82) is 0 Å². The fourth-order valence-corrected chi connectivity index (χ4v) is 5.83. The number of likely N-dealkylation sites (N-methyl/N-ethyl adjacent to an activating group) is 1. The Morgan fingerprint density at radius 3 is 2.53 bits per heavy atom. The first-order valence-electron chi connectivity index (χ1n) is 10.7. The molecule has 0 aliphatic carbocycles. The lowest BCUT2D eigenvalue weighted by Crippen LogP contribution is -2.44. The lowest BCUT2D eigenvalue weighted by molar-refractivity contribution is 0.385. The van der Waals surface area contributed by atoms with E-state index in [0.717, 1.165) is 18.4 Å². The van der Waals surface area contributed by atoms with Crippen molar-refractivity contribution in [2.75, 3.05) is 24.5 Å². The van der Waals surface area contributed by atoms with Crippen molar-refractivity contribution < 1.29 is 8.42 Å². The van der Waals surface area contributed by atoms with E-state index < -0.39 is 10.0 Å². The molecular formula is C23H27N5O3S. The van der Waals surface area contributed by atoms with Gasteiger partial charge in [-0.05, 0) is 44.0 Å². The minimum absolute atomic E-state index is 0.166. The van der Waals surface area contributed by atoms with E-state index in [0.29, 0.717) is 36.2 Å². The number of aromatic nitrogens is 3. The molecule has 2 aromatic heterocycles. The Morgan fingerprint density at radius 1 is 1.12 bits per heavy atom. The smallest absolute Gasteiger partial charge is 0.255 e. The maximum atomic E-state index is 13.2. The van der Waals surface area contributed by atoms with E-state index in [9.17, 15) is 13.2 Å². The van der Waals surface area contributed by atoms with Gasteiger partial charge in [0.15, 0.2) is 0 Å². The minimum atomic E-state index is -3.58. The highest BCUT2D eigenvalue weighted by Crippen LogP contribution is 2.28. The van der Waals surface area contributed by atoms with Crippen LogP contribution in [0.4, 0.5) is 5.95 Å². The first-order chi connectivity index (χ1) is 15.4. The second-order valence-corrected chi connectivity index (χ2v) is 9.73. The highest BCUT2D eigenvalue weighted by Gasteiger charge is 2.36. The van der Waals surface area contributed by atoms with Crippen LogP contribution >= 0.6 is 0 Å². The Balaban J connectivity index is 1.65. The van der Waals surface area contributed by atoms with E-state index in [1.807, 2.05) is 24.0 Å². The Kier molecular flexibility index (Phi) is 6.38. The van der Waals surface area contributed by atoms with Crippen LogP contribution in [0.15, 0.2) is 70.6 Å². The van der Waals surface area contributed by atoms with E-state index in [4.69, 9.17) is 4.98 Å². The molecule has 0 N–H and O–H groups in total. The second-order valence-electron chi connectivity index (χ2n) is 7.84. The maximum Gasteiger partial charge on any atom is 0.255 e. The number of sulfonamides is 1. The van der Waals surface area contributed by atoms with Gasteiger partial charge in [-0.15, -0.1) is 0 Å². The summed E-state index contributed by atoms with van der Waals surface area (Å²) >= 11 is 0. The lowest BCUT2D eigenvalue weighted by atomic mass is 10.2. The molecule has 0 saturated carbocycles. The number of benzene rings is 1. The summed E-state index contributed by atoms with van der Waals surface area (Å²) in [5.74, 6) is 0.524. The van der Waals surface area contributed by atoms with Crippen molar-refractivity contribution in [2.45, 2.75) is 30.7 Å². The fraction of sp³-hybridized carbons (Fsp3) is 0.348. The van der Waals surface area contributed by atoms with Gasteiger partial charge in [0, 0.05) is 56.7 Å². The number of hydrogen-bond donors (Lipinski definition) is 0. The van der Waals surface area contributed by atoms with Gasteiger partial charge in [-0.2, -0.15) is 4.31 Å². The largest absolute Gasteiger partial charge is 0.341 e. The van der Waals surface area contributed by atoms with Crippen LogP contribution in [0.5, 0.6) is 0 Å². The molecule has 1 aliphatic rings. The van der Waals surface area contributed by atoms with Crippen LogP contribution in [0.1, 0.15) is 19.8 Å². The summed E-state index contributed by atoms with van der Waals surface area (Å²) in [5.41, 5.74) is 1.22. The number of rotatable bonds is 7. The molecule has 4 rings (SSSR count). The third-order valence-corrected chi connectivity index (χ3v) is 7.82. The average molecular weight is 454 g/mol. The molecule has 168 valence electrons. The molecule has 1 atom stereocenters. The highest BCUT2D eigenvalue weighted by atomic mass is 32.2. The zero-order valence-corrected chi connectivity index (χ0v) is 19.1. The molecule has 3 aromatic rings. The van der Waals surface area contributed by atoms with Gasteiger partial charge in [0.1, 0.15) is 0 Å². The summed E-state index contributed by atoms with van der Waals surface area (Å²) in [5, 5.41) is 0. The molecule has 9 heteroatoms. The van der Waals surface area contributed by atoms with E-state index >= 15 is 0 Å². The van der Waals surface area contributed by atoms with Crippen LogP contribution in [0.25, 0.3) is 11.3 Å². The first kappa shape index (κ1) is 22.2. The standard InChI is InChI=1S/C23H27N5O3S/c1-3-27(23-25-21(16-22(29)26(23)2)18-11-13-24-14-12-18)17-19-8-7-15-28(19)32(30,31)20-9-5-4-6-10-20/h4-6,9-14,16,19H,3,7-8,15,17H2,1-2H3/t19-/m1/s1. The van der Waals surface area contributed by atoms with Crippen LogP contribution in [0, 0.1) is 0 Å². The van der Waals surface area contributed by atoms with Gasteiger partial charge in [-0.3, -0.25) is 14.3 Å². The first-order valence-corrected chi connectivity index (χ1v) is 12.2. The van der Waals surface area contributed by atoms with Gasteiger partial charge >= 0.3 is 0 Å². The average Bonchev–Trinajstić information content (AvgIpc) is 3.30. The Bertz CT molecular complexity index is 1230. The number of nitrogens with zero attached hydrogens (tertiary/aromatic N) is 5. The van der Waals surface area contributed by atoms with Gasteiger partial charge in [-0.1, -0.05) is 18.2 Å². The summed E-state index contributed by atoms with van der Waals surface area (Å²) in [6.07, 6.45) is 4.89. The third kappa shape index (κ3) is 4.31. The molecule has 1 aromatic carbocycles. The van der Waals surface area contributed by atoms with Crippen molar-refractivity contribution in [2.24, 2.45) is 7.05 Å². The van der Waals surface area contributed by atoms with Crippen LogP contribution in [0.3, 0.4) is 0 Å². The molecule has 32 heavy (non-hydrogen) atoms. The number of anilines is 1. The molecule has 0 spiro atoms. The van der Waals surface area contributed by atoms with Crippen molar-refractivity contribution in [3.05, 3.63) is 71.3 Å². The number of hydrogen-bond acceptors (Lipinski definition) is 6. The molecule has 1 fully saturated rings. The van der Waals surface area contributed by atoms with E-state index in [1.165, 1.54) is 10.6 Å². The molecule has 0 bridgehead atoms. The molecule has 0 amide bonds. The summed E-state index contributed by atoms with van der Waals surface area (Å²) in [6.45, 7) is 3.53. The lowest BCUT2D eigenvalue weighted by Gasteiger charge is -2.31. The summed E-state index contributed by atoms with van der Waals surface area (Å²) in [6, 6.07) is 13.5. The fourth-order valence-electron chi connectivity index (χ4n) is 4.12. The van der Waals surface area contributed by atoms with Crippen LogP contribution < -0.4 is 10.5 Å². The van der Waals surface area contributed by atoms with Crippen molar-refractivity contribution >= 4 is 16.0 Å². The molecule has 0 unspecified atom stereocenters. The zero-order chi connectivity index (χ0) is 22.7. The Labute approximate surface area is 188 Å². The highest BCUT2D eigenvalue weighted by molar-refractivity contribution is 7.89. The predicted molar refractivity (Wildman–Crippen MR) is 124 cm³/mol. The second kappa shape index (κ2) is 9.22. The van der Waals surface area contributed by atoms with Gasteiger partial charge < -0.3 is 4.90 Å². The van der Waals surface area contributed by atoms with Gasteiger partial charge in [-0.25, -0.2) is 13.4 Å². The predicted octanol–water partition coefficient (Wildman–Crippen LogP) is 2.52. The normalized spacial score (nSPS) is 16.9. The number of pyridine rings is 1. The summed E-state index contributed by atoms with van der Waals surface area (Å²) in [4.78, 5) is 23.7. The van der Waals surface area contributed by atoms with Crippen LogP contribution in [-0.4, -0.2) is 52.9 Å². The third-order valence-electron chi connectivity index (χ3n) is 5.86. The molecule has 1 aliphatic heterocycles. The van der Waals surface area contributed by atoms with Crippen LogP contribution in [0.2, 0.25) is 0 Å². The molecule has 3 heterocycles. The Hall–Kier alpha value is -3.04. The van der Waals surface area contributed by atoms with Gasteiger partial charge in [0.25, 0.3) is 5.56 Å². The zero-order valence-electron chi connectivity index (χ0n) is 18.3. The SMILES string of the molecule is CCN(C[C@H]1CCCN1S(=O)(=O)c1ccccc1)c1nc(-c2ccncc2)cc(=O)n1C. The van der Waals surface area contributed by atoms with Crippen molar-refractivity contribution in [3.8, 4) is 11.3 Å². The molecule has 0 radical (unpaired) electrons. The van der Waals surface area contributed by atoms with E-state index in [2.05, 4.69) is 4.98 Å². The minimum Gasteiger partial charge on any atom is -0.341 e. The van der Waals surface area contributed by atoms with Crippen molar-refractivity contribution in [3.63, 3.8) is 0 Å². The van der Waals surface area contributed by atoms with Gasteiger partial charge in [0.2, 0.25) is 16.0 Å². The maximum absolute atomic E-state index is 13.2. The van der Waals surface area contributed by atoms with Crippen LogP contribution in [-0.2, 0) is 17.1 Å². The molecular weight excluding hydrogens is 426 g/mol. The molecule has 1 saturated heterocycles. The summed E-state index contributed by atoms with van der Waals surface area (Å²) < 4.78 is 29.6. The monoisotopic (exact) mass is 453 g/mol. The molecule has 8 nitrogen and oxygen atoms in total. The topological polar surface area (TPSA) is 88.4 Å².